The lowest BCUT2D eigenvalue weighted by molar-refractivity contribution is -0.659. The number of nitrogens with zero attached hydrogens (tertiary/aromatic N) is 3. The van der Waals surface area contributed by atoms with Crippen LogP contribution in [-0.4, -0.2) is 9.67 Å². The highest BCUT2D eigenvalue weighted by atomic mass is 15.4. The summed E-state index contributed by atoms with van der Waals surface area (Å²) >= 11 is 0. The Morgan fingerprint density at radius 3 is 2.29 bits per heavy atom. The van der Waals surface area contributed by atoms with E-state index in [1.165, 1.54) is 39.2 Å². The summed E-state index contributed by atoms with van der Waals surface area (Å²) in [6.07, 6.45) is 0. The second-order valence-corrected chi connectivity index (χ2v) is 7.35. The number of aryl methyl sites for hydroxylation is 2. The Hall–Kier alpha value is -2.16. The average molecular weight is 322 g/mol. The highest BCUT2D eigenvalue weighted by Crippen LogP contribution is 2.27. The first kappa shape index (κ1) is 16.7. The van der Waals surface area contributed by atoms with Gasteiger partial charge in [0.2, 0.25) is 5.52 Å². The van der Waals surface area contributed by atoms with E-state index in [-0.39, 0.29) is 0 Å². The minimum atomic E-state index is 0.374. The van der Waals surface area contributed by atoms with Crippen LogP contribution in [0.1, 0.15) is 62.2 Å². The smallest absolute Gasteiger partial charge is 0.250 e. The number of aromatic nitrogens is 3. The molecular weight excluding hydrogens is 294 g/mol. The summed E-state index contributed by atoms with van der Waals surface area (Å²) in [6.45, 7) is 13.3. The standard InChI is InChI=1S/C21H28N3/c1-13(2)18-12-15(5)21(20(22-18)14(3)4)24-19-11-9-8-10-17(19)16(6)23(24)7/h8-14H,1-7H3/q+1. The lowest BCUT2D eigenvalue weighted by atomic mass is 10.0. The Bertz CT molecular complexity index is 901. The number of benzene rings is 1. The van der Waals surface area contributed by atoms with Crippen molar-refractivity contribution in [2.75, 3.05) is 0 Å². The number of rotatable bonds is 3. The molecule has 0 aliphatic rings. The SMILES string of the molecule is Cc1cc(C(C)C)nc(C(C)C)c1-[n+]1c2ccccc2c(C)n1C. The van der Waals surface area contributed by atoms with E-state index >= 15 is 0 Å². The number of para-hydroxylation sites is 1. The molecule has 0 unspecified atom stereocenters. The zero-order valence-corrected chi connectivity index (χ0v) is 15.9. The van der Waals surface area contributed by atoms with Gasteiger partial charge in [0, 0.05) is 23.2 Å². The van der Waals surface area contributed by atoms with Gasteiger partial charge in [-0.25, -0.2) is 0 Å². The van der Waals surface area contributed by atoms with E-state index in [9.17, 15) is 0 Å². The summed E-state index contributed by atoms with van der Waals surface area (Å²) in [5.41, 5.74) is 7.37. The summed E-state index contributed by atoms with van der Waals surface area (Å²) in [5, 5.41) is 1.29. The molecule has 0 fully saturated rings. The molecule has 2 aromatic heterocycles. The molecule has 3 aromatic rings. The van der Waals surface area contributed by atoms with Gasteiger partial charge >= 0.3 is 0 Å². The van der Waals surface area contributed by atoms with E-state index in [2.05, 4.69) is 88.3 Å². The Balaban J connectivity index is 2.41. The van der Waals surface area contributed by atoms with Gasteiger partial charge in [-0.2, -0.15) is 4.68 Å². The minimum absolute atomic E-state index is 0.374. The van der Waals surface area contributed by atoms with Crippen molar-refractivity contribution in [2.45, 2.75) is 53.4 Å². The molecule has 0 bridgehead atoms. The van der Waals surface area contributed by atoms with E-state index in [1.54, 1.807) is 0 Å². The van der Waals surface area contributed by atoms with Crippen molar-refractivity contribution in [3.05, 3.63) is 53.0 Å². The monoisotopic (exact) mass is 322 g/mol. The molecule has 0 aliphatic heterocycles. The predicted molar refractivity (Wildman–Crippen MR) is 99.9 cm³/mol. The third-order valence-electron chi connectivity index (χ3n) is 4.89. The van der Waals surface area contributed by atoms with Crippen LogP contribution in [0.15, 0.2) is 30.3 Å². The lowest BCUT2D eigenvalue weighted by Crippen LogP contribution is -2.42. The number of pyridine rings is 1. The van der Waals surface area contributed by atoms with Crippen molar-refractivity contribution in [1.29, 1.82) is 0 Å². The van der Waals surface area contributed by atoms with Gasteiger partial charge in [0.1, 0.15) is 5.69 Å². The summed E-state index contributed by atoms with van der Waals surface area (Å²) in [4.78, 5) is 5.03. The molecule has 0 saturated carbocycles. The Morgan fingerprint density at radius 2 is 1.67 bits per heavy atom. The molecule has 126 valence electrons. The Kier molecular flexibility index (Phi) is 4.20. The molecule has 0 amide bonds. The Morgan fingerprint density at radius 1 is 1.00 bits per heavy atom. The third kappa shape index (κ3) is 2.52. The topological polar surface area (TPSA) is 21.7 Å². The first-order valence-corrected chi connectivity index (χ1v) is 8.81. The highest BCUT2D eigenvalue weighted by Gasteiger charge is 2.29. The average Bonchev–Trinajstić information content (AvgIpc) is 2.78. The van der Waals surface area contributed by atoms with Gasteiger partial charge in [0.15, 0.2) is 0 Å². The molecule has 3 rings (SSSR count). The largest absolute Gasteiger partial charge is 0.260 e. The quantitative estimate of drug-likeness (QED) is 0.640. The first-order chi connectivity index (χ1) is 11.3. The summed E-state index contributed by atoms with van der Waals surface area (Å²) in [5.74, 6) is 0.811. The molecular formula is C21H28N3+. The summed E-state index contributed by atoms with van der Waals surface area (Å²) in [6, 6.07) is 10.9. The van der Waals surface area contributed by atoms with Crippen LogP contribution < -0.4 is 4.68 Å². The van der Waals surface area contributed by atoms with Crippen molar-refractivity contribution < 1.29 is 4.68 Å². The van der Waals surface area contributed by atoms with Gasteiger partial charge in [-0.1, -0.05) is 44.5 Å². The maximum Gasteiger partial charge on any atom is 0.260 e. The molecule has 0 aliphatic carbocycles. The van der Waals surface area contributed by atoms with Gasteiger partial charge in [0.25, 0.3) is 5.69 Å². The molecule has 3 heteroatoms. The minimum Gasteiger partial charge on any atom is -0.250 e. The Labute approximate surface area is 144 Å². The van der Waals surface area contributed by atoms with Crippen LogP contribution in [0, 0.1) is 13.8 Å². The molecule has 0 radical (unpaired) electrons. The van der Waals surface area contributed by atoms with E-state index in [1.807, 2.05) is 0 Å². The van der Waals surface area contributed by atoms with E-state index < -0.39 is 0 Å². The van der Waals surface area contributed by atoms with Crippen LogP contribution in [0.2, 0.25) is 0 Å². The van der Waals surface area contributed by atoms with Crippen molar-refractivity contribution in [1.82, 2.24) is 9.67 Å². The normalized spacial score (nSPS) is 11.9. The van der Waals surface area contributed by atoms with Crippen molar-refractivity contribution >= 4 is 10.9 Å². The van der Waals surface area contributed by atoms with Crippen LogP contribution in [-0.2, 0) is 7.05 Å². The zero-order valence-electron chi connectivity index (χ0n) is 15.9. The first-order valence-electron chi connectivity index (χ1n) is 8.81. The molecule has 0 N–H and O–H groups in total. The summed E-state index contributed by atoms with van der Waals surface area (Å²) in [7, 11) is 2.13. The van der Waals surface area contributed by atoms with Gasteiger partial charge in [-0.15, -0.1) is 0 Å². The molecule has 0 saturated heterocycles. The number of hydrogen-bond acceptors (Lipinski definition) is 1. The van der Waals surface area contributed by atoms with E-state index in [0.29, 0.717) is 11.8 Å². The second-order valence-electron chi connectivity index (χ2n) is 7.35. The second kappa shape index (κ2) is 6.04. The molecule has 2 heterocycles. The fourth-order valence-electron chi connectivity index (χ4n) is 3.41. The zero-order chi connectivity index (χ0) is 17.6. The van der Waals surface area contributed by atoms with Crippen LogP contribution >= 0.6 is 0 Å². The number of fused-ring (bicyclic) bond motifs is 1. The van der Waals surface area contributed by atoms with Gasteiger partial charge in [-0.3, -0.25) is 4.98 Å². The van der Waals surface area contributed by atoms with Crippen LogP contribution in [0.25, 0.3) is 16.6 Å². The van der Waals surface area contributed by atoms with Crippen LogP contribution in [0.5, 0.6) is 0 Å². The van der Waals surface area contributed by atoms with Gasteiger partial charge in [0.05, 0.1) is 18.1 Å². The third-order valence-corrected chi connectivity index (χ3v) is 4.89. The molecule has 0 atom stereocenters. The predicted octanol–water partition coefficient (Wildman–Crippen LogP) is 4.71. The number of hydrogen-bond donors (Lipinski definition) is 0. The molecule has 24 heavy (non-hydrogen) atoms. The van der Waals surface area contributed by atoms with Crippen LogP contribution in [0.4, 0.5) is 0 Å². The highest BCUT2D eigenvalue weighted by molar-refractivity contribution is 5.79. The lowest BCUT2D eigenvalue weighted by Gasteiger charge is -2.14. The molecule has 0 spiro atoms. The van der Waals surface area contributed by atoms with Gasteiger partial charge in [-0.05, 0) is 31.9 Å². The van der Waals surface area contributed by atoms with E-state index in [0.717, 1.165) is 0 Å². The van der Waals surface area contributed by atoms with Crippen LogP contribution in [0.3, 0.4) is 0 Å². The van der Waals surface area contributed by atoms with Crippen molar-refractivity contribution in [3.8, 4) is 5.69 Å². The molecule has 1 aromatic carbocycles. The molecule has 3 nitrogen and oxygen atoms in total. The van der Waals surface area contributed by atoms with Crippen molar-refractivity contribution in [2.24, 2.45) is 7.05 Å². The summed E-state index contributed by atoms with van der Waals surface area (Å²) < 4.78 is 4.57. The maximum absolute atomic E-state index is 5.03. The fraction of sp³-hybridized carbons (Fsp3) is 0.429. The maximum atomic E-state index is 5.03. The van der Waals surface area contributed by atoms with Crippen molar-refractivity contribution in [3.63, 3.8) is 0 Å². The van der Waals surface area contributed by atoms with Gasteiger partial charge < -0.3 is 0 Å². The van der Waals surface area contributed by atoms with E-state index in [4.69, 9.17) is 4.98 Å². The fourth-order valence-corrected chi connectivity index (χ4v) is 3.41.